The molecule has 0 bridgehead atoms. The number of nitrogens with zero attached hydrogens (tertiary/aromatic N) is 1. The summed E-state index contributed by atoms with van der Waals surface area (Å²) in [6.07, 6.45) is 3.91. The van der Waals surface area contributed by atoms with Gasteiger partial charge in [0.25, 0.3) is 0 Å². The second kappa shape index (κ2) is 5.80. The lowest BCUT2D eigenvalue weighted by molar-refractivity contribution is 0.0906. The number of hydrogen-bond donors (Lipinski definition) is 2. The molecule has 0 amide bonds. The van der Waals surface area contributed by atoms with Crippen LogP contribution in [0.4, 0.5) is 0 Å². The maximum absolute atomic E-state index is 12.1. The highest BCUT2D eigenvalue weighted by Gasteiger charge is 2.12. The number of aromatic nitrogens is 1. The summed E-state index contributed by atoms with van der Waals surface area (Å²) in [7, 11) is 0. The summed E-state index contributed by atoms with van der Waals surface area (Å²) in [6, 6.07) is 7.93. The molecule has 4 nitrogen and oxygen atoms in total. The molecule has 0 spiro atoms. The normalized spacial score (nSPS) is 11.0. The molecule has 0 saturated carbocycles. The first-order valence-corrected chi connectivity index (χ1v) is 6.30. The molecule has 0 fully saturated rings. The van der Waals surface area contributed by atoms with Crippen LogP contribution in [0.3, 0.4) is 0 Å². The van der Waals surface area contributed by atoms with E-state index in [0.717, 1.165) is 29.3 Å². The average Bonchev–Trinajstić information content (AvgIpc) is 2.76. The molecule has 1 aromatic heterocycles. The zero-order valence-corrected chi connectivity index (χ0v) is 10.4. The molecule has 1 aromatic carbocycles. The van der Waals surface area contributed by atoms with Crippen molar-refractivity contribution in [1.29, 1.82) is 0 Å². The Bertz CT molecular complexity index is 545. The minimum atomic E-state index is 0.0971. The molecule has 0 aliphatic heterocycles. The number of hydrogen-bond acceptors (Lipinski definition) is 3. The van der Waals surface area contributed by atoms with Gasteiger partial charge in [-0.3, -0.25) is 9.36 Å². The Kier molecular flexibility index (Phi) is 4.12. The SMILES string of the molecule is NCCCC(=O)n1cc(CCN)c2ccccc21. The molecule has 4 N–H and O–H groups in total. The van der Waals surface area contributed by atoms with Crippen LogP contribution in [0.25, 0.3) is 10.9 Å². The Balaban J connectivity index is 2.41. The monoisotopic (exact) mass is 245 g/mol. The predicted octanol–water partition coefficient (Wildman–Crippen LogP) is 1.52. The largest absolute Gasteiger partial charge is 0.330 e. The van der Waals surface area contributed by atoms with Crippen LogP contribution in [-0.2, 0) is 6.42 Å². The average molecular weight is 245 g/mol. The van der Waals surface area contributed by atoms with Gasteiger partial charge in [-0.1, -0.05) is 18.2 Å². The van der Waals surface area contributed by atoms with Crippen molar-refractivity contribution in [3.63, 3.8) is 0 Å². The predicted molar refractivity (Wildman–Crippen MR) is 73.6 cm³/mol. The highest BCUT2D eigenvalue weighted by molar-refractivity contribution is 5.94. The van der Waals surface area contributed by atoms with E-state index in [1.165, 1.54) is 0 Å². The molecular formula is C14H19N3O. The summed E-state index contributed by atoms with van der Waals surface area (Å²) in [5.74, 6) is 0.0971. The zero-order valence-electron chi connectivity index (χ0n) is 10.4. The number of rotatable bonds is 5. The molecular weight excluding hydrogens is 226 g/mol. The Hall–Kier alpha value is -1.65. The number of fused-ring (bicyclic) bond motifs is 1. The van der Waals surface area contributed by atoms with E-state index in [2.05, 4.69) is 0 Å². The van der Waals surface area contributed by atoms with Gasteiger partial charge in [0.05, 0.1) is 5.52 Å². The van der Waals surface area contributed by atoms with Crippen LogP contribution in [0.2, 0.25) is 0 Å². The zero-order chi connectivity index (χ0) is 13.0. The molecule has 2 rings (SSSR count). The van der Waals surface area contributed by atoms with Crippen LogP contribution in [0.15, 0.2) is 30.5 Å². The lowest BCUT2D eigenvalue weighted by atomic mass is 10.1. The molecule has 0 aliphatic carbocycles. The van der Waals surface area contributed by atoms with Gasteiger partial charge >= 0.3 is 0 Å². The highest BCUT2D eigenvalue weighted by Crippen LogP contribution is 2.22. The topological polar surface area (TPSA) is 74.0 Å². The van der Waals surface area contributed by atoms with E-state index in [-0.39, 0.29) is 5.91 Å². The summed E-state index contributed by atoms with van der Waals surface area (Å²) in [5.41, 5.74) is 13.1. The third-order valence-corrected chi connectivity index (χ3v) is 3.07. The molecule has 2 aromatic rings. The van der Waals surface area contributed by atoms with Crippen LogP contribution < -0.4 is 11.5 Å². The summed E-state index contributed by atoms with van der Waals surface area (Å²) < 4.78 is 1.73. The summed E-state index contributed by atoms with van der Waals surface area (Å²) in [6.45, 7) is 1.13. The summed E-state index contributed by atoms with van der Waals surface area (Å²) in [4.78, 5) is 12.1. The van der Waals surface area contributed by atoms with E-state index >= 15 is 0 Å². The molecule has 0 saturated heterocycles. The van der Waals surface area contributed by atoms with Crippen molar-refractivity contribution in [3.8, 4) is 0 Å². The van der Waals surface area contributed by atoms with E-state index < -0.39 is 0 Å². The van der Waals surface area contributed by atoms with Crippen LogP contribution in [-0.4, -0.2) is 23.6 Å². The molecule has 1 heterocycles. The molecule has 96 valence electrons. The van der Waals surface area contributed by atoms with E-state index in [4.69, 9.17) is 11.5 Å². The lowest BCUT2D eigenvalue weighted by Crippen LogP contribution is -2.11. The highest BCUT2D eigenvalue weighted by atomic mass is 16.2. The maximum atomic E-state index is 12.1. The van der Waals surface area contributed by atoms with Crippen molar-refractivity contribution >= 4 is 16.8 Å². The maximum Gasteiger partial charge on any atom is 0.231 e. The molecule has 0 radical (unpaired) electrons. The van der Waals surface area contributed by atoms with Gasteiger partial charge in [-0.05, 0) is 37.6 Å². The Morgan fingerprint density at radius 2 is 1.94 bits per heavy atom. The van der Waals surface area contributed by atoms with Gasteiger partial charge < -0.3 is 11.5 Å². The lowest BCUT2D eigenvalue weighted by Gasteiger charge is -2.02. The van der Waals surface area contributed by atoms with Crippen molar-refractivity contribution in [1.82, 2.24) is 4.57 Å². The fourth-order valence-electron chi connectivity index (χ4n) is 2.18. The van der Waals surface area contributed by atoms with Crippen LogP contribution in [0.5, 0.6) is 0 Å². The molecule has 0 aliphatic rings. The number of nitrogens with two attached hydrogens (primary N) is 2. The third kappa shape index (κ3) is 2.44. The van der Waals surface area contributed by atoms with Crippen molar-refractivity contribution in [3.05, 3.63) is 36.0 Å². The first kappa shape index (κ1) is 12.8. The second-order valence-electron chi connectivity index (χ2n) is 4.37. The Morgan fingerprint density at radius 1 is 1.17 bits per heavy atom. The van der Waals surface area contributed by atoms with Gasteiger partial charge in [-0.25, -0.2) is 0 Å². The second-order valence-corrected chi connectivity index (χ2v) is 4.37. The molecule has 0 atom stereocenters. The number of carbonyl (C=O) groups is 1. The fraction of sp³-hybridized carbons (Fsp3) is 0.357. The smallest absolute Gasteiger partial charge is 0.231 e. The molecule has 18 heavy (non-hydrogen) atoms. The summed E-state index contributed by atoms with van der Waals surface area (Å²) in [5, 5.41) is 1.11. The minimum Gasteiger partial charge on any atom is -0.330 e. The third-order valence-electron chi connectivity index (χ3n) is 3.07. The van der Waals surface area contributed by atoms with E-state index in [1.807, 2.05) is 30.5 Å². The van der Waals surface area contributed by atoms with Gasteiger partial charge in [-0.2, -0.15) is 0 Å². The summed E-state index contributed by atoms with van der Waals surface area (Å²) >= 11 is 0. The fourth-order valence-corrected chi connectivity index (χ4v) is 2.18. The number of benzene rings is 1. The van der Waals surface area contributed by atoms with Crippen molar-refractivity contribution in [2.75, 3.05) is 13.1 Å². The van der Waals surface area contributed by atoms with Crippen molar-refractivity contribution in [2.45, 2.75) is 19.3 Å². The van der Waals surface area contributed by atoms with Crippen LogP contribution in [0, 0.1) is 0 Å². The molecule has 0 unspecified atom stereocenters. The van der Waals surface area contributed by atoms with Gasteiger partial charge in [0.2, 0.25) is 5.91 Å². The van der Waals surface area contributed by atoms with Crippen molar-refractivity contribution < 1.29 is 4.79 Å². The van der Waals surface area contributed by atoms with Crippen LogP contribution >= 0.6 is 0 Å². The van der Waals surface area contributed by atoms with Gasteiger partial charge in [-0.15, -0.1) is 0 Å². The Labute approximate surface area is 107 Å². The molecule has 4 heteroatoms. The standard InChI is InChI=1S/C14H19N3O/c15-8-3-6-14(18)17-10-11(7-9-16)12-4-1-2-5-13(12)17/h1-2,4-5,10H,3,6-9,15-16H2. The van der Waals surface area contributed by atoms with E-state index in [9.17, 15) is 4.79 Å². The van der Waals surface area contributed by atoms with Crippen LogP contribution in [0.1, 0.15) is 23.2 Å². The minimum absolute atomic E-state index is 0.0971. The van der Waals surface area contributed by atoms with Crippen molar-refractivity contribution in [2.24, 2.45) is 11.5 Å². The van der Waals surface area contributed by atoms with Gasteiger partial charge in [0, 0.05) is 18.0 Å². The quantitative estimate of drug-likeness (QED) is 0.838. The first-order chi connectivity index (χ1) is 8.77. The number of para-hydroxylation sites is 1. The van der Waals surface area contributed by atoms with Gasteiger partial charge in [0.1, 0.15) is 0 Å². The number of carbonyl (C=O) groups excluding carboxylic acids is 1. The van der Waals surface area contributed by atoms with Gasteiger partial charge in [0.15, 0.2) is 0 Å². The van der Waals surface area contributed by atoms with E-state index in [1.54, 1.807) is 4.57 Å². The van der Waals surface area contributed by atoms with E-state index in [0.29, 0.717) is 19.5 Å². The first-order valence-electron chi connectivity index (χ1n) is 6.30. The Morgan fingerprint density at radius 3 is 2.67 bits per heavy atom.